The van der Waals surface area contributed by atoms with Crippen molar-refractivity contribution in [1.82, 2.24) is 10.3 Å². The van der Waals surface area contributed by atoms with Crippen LogP contribution in [0.5, 0.6) is 0 Å². The topological polar surface area (TPSA) is 54.0 Å². The average Bonchev–Trinajstić information content (AvgIpc) is 3.16. The first kappa shape index (κ1) is 14.8. The lowest BCUT2D eigenvalue weighted by molar-refractivity contribution is 0.102. The number of fused-ring (bicyclic) bond motifs is 1. The van der Waals surface area contributed by atoms with Gasteiger partial charge >= 0.3 is 0 Å². The van der Waals surface area contributed by atoms with E-state index in [0.717, 1.165) is 29.5 Å². The van der Waals surface area contributed by atoms with E-state index >= 15 is 0 Å². The number of nitrogens with one attached hydrogen (secondary N) is 2. The maximum Gasteiger partial charge on any atom is 0.274 e. The first-order valence-electron chi connectivity index (χ1n) is 8.27. The predicted octanol–water partition coefficient (Wildman–Crippen LogP) is 3.56. The minimum atomic E-state index is -0.179. The maximum atomic E-state index is 12.6. The highest BCUT2D eigenvalue weighted by Crippen LogP contribution is 2.24. The molecule has 0 aliphatic carbocycles. The quantitative estimate of drug-likeness (QED) is 0.776. The molecule has 0 radical (unpaired) electrons. The molecule has 1 aliphatic heterocycles. The first-order valence-corrected chi connectivity index (χ1v) is 8.27. The lowest BCUT2D eigenvalue weighted by atomic mass is 9.98. The molecule has 3 aromatic rings. The largest absolute Gasteiger partial charge is 0.321 e. The van der Waals surface area contributed by atoms with Crippen LogP contribution in [0.2, 0.25) is 0 Å². The Hall–Kier alpha value is -2.72. The molecule has 0 saturated carbocycles. The number of amides is 1. The Morgan fingerprint density at radius 3 is 2.71 bits per heavy atom. The van der Waals surface area contributed by atoms with Crippen LogP contribution in [0.15, 0.2) is 60.8 Å². The molecule has 2 aromatic carbocycles. The third-order valence-electron chi connectivity index (χ3n) is 4.59. The first-order chi connectivity index (χ1) is 11.8. The second-order valence-corrected chi connectivity index (χ2v) is 6.15. The van der Waals surface area contributed by atoms with Crippen LogP contribution in [-0.4, -0.2) is 24.0 Å². The predicted molar refractivity (Wildman–Crippen MR) is 96.4 cm³/mol. The third-order valence-corrected chi connectivity index (χ3v) is 4.59. The Morgan fingerprint density at radius 1 is 1.08 bits per heavy atom. The van der Waals surface area contributed by atoms with Crippen molar-refractivity contribution in [1.29, 1.82) is 0 Å². The summed E-state index contributed by atoms with van der Waals surface area (Å²) in [7, 11) is 0. The molecule has 2 heterocycles. The number of nitrogens with zero attached hydrogens (tertiary/aromatic N) is 1. The lowest BCUT2D eigenvalue weighted by Crippen LogP contribution is -2.14. The SMILES string of the molecule is O=C(Nc1ccc([C@H]2CCNC2)cc1)c1nccc2ccccc12. The normalized spacial score (nSPS) is 17.1. The molecule has 0 bridgehead atoms. The molecular weight excluding hydrogens is 298 g/mol. The van der Waals surface area contributed by atoms with Gasteiger partial charge in [0.05, 0.1) is 0 Å². The van der Waals surface area contributed by atoms with E-state index in [2.05, 4.69) is 27.8 Å². The Balaban J connectivity index is 1.55. The van der Waals surface area contributed by atoms with Gasteiger partial charge in [0.1, 0.15) is 5.69 Å². The van der Waals surface area contributed by atoms with Gasteiger partial charge in [0.2, 0.25) is 0 Å². The lowest BCUT2D eigenvalue weighted by Gasteiger charge is -2.11. The Kier molecular flexibility index (Phi) is 3.97. The molecule has 24 heavy (non-hydrogen) atoms. The van der Waals surface area contributed by atoms with Gasteiger partial charge in [-0.05, 0) is 48.0 Å². The number of carbonyl (C=O) groups is 1. The number of pyridine rings is 1. The second kappa shape index (κ2) is 6.42. The minimum absolute atomic E-state index is 0.179. The summed E-state index contributed by atoms with van der Waals surface area (Å²) in [6, 6.07) is 17.8. The smallest absolute Gasteiger partial charge is 0.274 e. The molecule has 0 unspecified atom stereocenters. The van der Waals surface area contributed by atoms with Gasteiger partial charge < -0.3 is 10.6 Å². The highest BCUT2D eigenvalue weighted by Gasteiger charge is 2.16. The van der Waals surface area contributed by atoms with Crippen molar-refractivity contribution in [2.75, 3.05) is 18.4 Å². The molecule has 2 N–H and O–H groups in total. The van der Waals surface area contributed by atoms with E-state index in [1.165, 1.54) is 12.0 Å². The van der Waals surface area contributed by atoms with Crippen LogP contribution < -0.4 is 10.6 Å². The van der Waals surface area contributed by atoms with Gasteiger partial charge in [-0.2, -0.15) is 0 Å². The van der Waals surface area contributed by atoms with Gasteiger partial charge in [-0.3, -0.25) is 9.78 Å². The van der Waals surface area contributed by atoms with Crippen LogP contribution in [0.25, 0.3) is 10.8 Å². The Labute approximate surface area is 140 Å². The third kappa shape index (κ3) is 2.88. The van der Waals surface area contributed by atoms with Crippen molar-refractivity contribution in [3.63, 3.8) is 0 Å². The Bertz CT molecular complexity index is 862. The van der Waals surface area contributed by atoms with Gasteiger partial charge in [0.25, 0.3) is 5.91 Å². The zero-order chi connectivity index (χ0) is 16.4. The molecular formula is C20H19N3O. The van der Waals surface area contributed by atoms with Crippen LogP contribution in [0.3, 0.4) is 0 Å². The summed E-state index contributed by atoms with van der Waals surface area (Å²) >= 11 is 0. The molecule has 120 valence electrons. The monoisotopic (exact) mass is 317 g/mol. The fourth-order valence-corrected chi connectivity index (χ4v) is 3.27. The van der Waals surface area contributed by atoms with E-state index < -0.39 is 0 Å². The summed E-state index contributed by atoms with van der Waals surface area (Å²) in [6.07, 6.45) is 2.85. The number of rotatable bonds is 3. The van der Waals surface area contributed by atoms with Crippen molar-refractivity contribution in [2.24, 2.45) is 0 Å². The number of aromatic nitrogens is 1. The van der Waals surface area contributed by atoms with E-state index in [-0.39, 0.29) is 5.91 Å². The van der Waals surface area contributed by atoms with Gasteiger partial charge in [0.15, 0.2) is 0 Å². The molecule has 1 amide bonds. The summed E-state index contributed by atoms with van der Waals surface area (Å²) in [4.78, 5) is 16.8. The van der Waals surface area contributed by atoms with Crippen LogP contribution in [-0.2, 0) is 0 Å². The fraction of sp³-hybridized carbons (Fsp3) is 0.200. The molecule has 4 nitrogen and oxygen atoms in total. The number of carbonyl (C=O) groups excluding carboxylic acids is 1. The molecule has 1 atom stereocenters. The van der Waals surface area contributed by atoms with E-state index in [1.54, 1.807) is 6.20 Å². The Morgan fingerprint density at radius 2 is 1.92 bits per heavy atom. The van der Waals surface area contributed by atoms with Crippen LogP contribution >= 0.6 is 0 Å². The highest BCUT2D eigenvalue weighted by molar-refractivity contribution is 6.11. The number of anilines is 1. The highest BCUT2D eigenvalue weighted by atomic mass is 16.1. The number of hydrogen-bond donors (Lipinski definition) is 2. The summed E-state index contributed by atoms with van der Waals surface area (Å²) < 4.78 is 0. The zero-order valence-electron chi connectivity index (χ0n) is 13.3. The van der Waals surface area contributed by atoms with Crippen molar-refractivity contribution < 1.29 is 4.79 Å². The zero-order valence-corrected chi connectivity index (χ0v) is 13.3. The molecule has 1 saturated heterocycles. The summed E-state index contributed by atoms with van der Waals surface area (Å²) in [6.45, 7) is 2.11. The molecule has 4 rings (SSSR count). The standard InChI is InChI=1S/C20H19N3O/c24-20(19-18-4-2-1-3-15(18)10-12-22-19)23-17-7-5-14(6-8-17)16-9-11-21-13-16/h1-8,10,12,16,21H,9,11,13H2,(H,23,24)/t16-/m0/s1. The second-order valence-electron chi connectivity index (χ2n) is 6.15. The van der Waals surface area contributed by atoms with Gasteiger partial charge in [-0.1, -0.05) is 36.4 Å². The summed E-state index contributed by atoms with van der Waals surface area (Å²) in [5.41, 5.74) is 2.57. The number of hydrogen-bond acceptors (Lipinski definition) is 3. The fourth-order valence-electron chi connectivity index (χ4n) is 3.27. The van der Waals surface area contributed by atoms with Gasteiger partial charge in [0, 0.05) is 23.8 Å². The average molecular weight is 317 g/mol. The van der Waals surface area contributed by atoms with E-state index in [9.17, 15) is 4.79 Å². The van der Waals surface area contributed by atoms with E-state index in [1.807, 2.05) is 42.5 Å². The van der Waals surface area contributed by atoms with Crippen molar-refractivity contribution >= 4 is 22.4 Å². The van der Waals surface area contributed by atoms with Gasteiger partial charge in [-0.25, -0.2) is 0 Å². The summed E-state index contributed by atoms with van der Waals surface area (Å²) in [5, 5.41) is 8.21. The van der Waals surface area contributed by atoms with Gasteiger partial charge in [-0.15, -0.1) is 0 Å². The van der Waals surface area contributed by atoms with Crippen LogP contribution in [0, 0.1) is 0 Å². The molecule has 1 aromatic heterocycles. The molecule has 1 fully saturated rings. The maximum absolute atomic E-state index is 12.6. The van der Waals surface area contributed by atoms with Crippen molar-refractivity contribution in [3.05, 3.63) is 72.1 Å². The summed E-state index contributed by atoms with van der Waals surface area (Å²) in [5.74, 6) is 0.400. The van der Waals surface area contributed by atoms with E-state index in [0.29, 0.717) is 11.6 Å². The van der Waals surface area contributed by atoms with Crippen LogP contribution in [0.1, 0.15) is 28.4 Å². The molecule has 4 heteroatoms. The van der Waals surface area contributed by atoms with Crippen molar-refractivity contribution in [2.45, 2.75) is 12.3 Å². The number of benzene rings is 2. The minimum Gasteiger partial charge on any atom is -0.321 e. The molecule has 0 spiro atoms. The molecule has 1 aliphatic rings. The van der Waals surface area contributed by atoms with E-state index in [4.69, 9.17) is 0 Å². The van der Waals surface area contributed by atoms with Crippen molar-refractivity contribution in [3.8, 4) is 0 Å². The van der Waals surface area contributed by atoms with Crippen LogP contribution in [0.4, 0.5) is 5.69 Å².